The first-order valence-electron chi connectivity index (χ1n) is 6.62. The standard InChI is InChI=1S/C16H16N2O2/c19-16-17-10-15(18-16)13-7-4-8-14(9-13)20-11-12-5-2-1-3-6-12/h1-9,15H,10-11H2,(H2,17,18,19)/t15-/m1/s1. The van der Waals surface area contributed by atoms with Gasteiger partial charge >= 0.3 is 6.03 Å². The highest BCUT2D eigenvalue weighted by atomic mass is 16.5. The Morgan fingerprint density at radius 3 is 2.70 bits per heavy atom. The average Bonchev–Trinajstić information content (AvgIpc) is 2.93. The second-order valence-corrected chi connectivity index (χ2v) is 4.75. The van der Waals surface area contributed by atoms with Gasteiger partial charge in [-0.25, -0.2) is 4.79 Å². The number of benzene rings is 2. The number of amides is 2. The summed E-state index contributed by atoms with van der Waals surface area (Å²) in [4.78, 5) is 11.2. The smallest absolute Gasteiger partial charge is 0.315 e. The fourth-order valence-electron chi connectivity index (χ4n) is 2.22. The molecule has 0 unspecified atom stereocenters. The first-order valence-corrected chi connectivity index (χ1v) is 6.62. The van der Waals surface area contributed by atoms with E-state index in [1.54, 1.807) is 0 Å². The van der Waals surface area contributed by atoms with Gasteiger partial charge in [0, 0.05) is 6.54 Å². The summed E-state index contributed by atoms with van der Waals surface area (Å²) in [6.45, 7) is 1.15. The summed E-state index contributed by atoms with van der Waals surface area (Å²) >= 11 is 0. The van der Waals surface area contributed by atoms with Crippen molar-refractivity contribution in [3.8, 4) is 5.75 Å². The van der Waals surface area contributed by atoms with Crippen LogP contribution in [0, 0.1) is 0 Å². The minimum Gasteiger partial charge on any atom is -0.489 e. The molecule has 102 valence electrons. The summed E-state index contributed by atoms with van der Waals surface area (Å²) < 4.78 is 5.79. The number of hydrogen-bond acceptors (Lipinski definition) is 2. The predicted molar refractivity (Wildman–Crippen MR) is 76.5 cm³/mol. The van der Waals surface area contributed by atoms with Crippen LogP contribution in [0.5, 0.6) is 5.75 Å². The van der Waals surface area contributed by atoms with Gasteiger partial charge < -0.3 is 15.4 Å². The van der Waals surface area contributed by atoms with Gasteiger partial charge in [-0.2, -0.15) is 0 Å². The molecule has 2 aromatic rings. The van der Waals surface area contributed by atoms with Crippen molar-refractivity contribution in [3.63, 3.8) is 0 Å². The van der Waals surface area contributed by atoms with Crippen LogP contribution >= 0.6 is 0 Å². The third-order valence-electron chi connectivity index (χ3n) is 3.28. The molecule has 1 heterocycles. The van der Waals surface area contributed by atoms with Crippen LogP contribution in [0.15, 0.2) is 54.6 Å². The second-order valence-electron chi connectivity index (χ2n) is 4.75. The Morgan fingerprint density at radius 1 is 1.10 bits per heavy atom. The van der Waals surface area contributed by atoms with Gasteiger partial charge in [-0.05, 0) is 23.3 Å². The summed E-state index contributed by atoms with van der Waals surface area (Å²) in [7, 11) is 0. The van der Waals surface area contributed by atoms with E-state index in [9.17, 15) is 4.79 Å². The van der Waals surface area contributed by atoms with E-state index in [1.165, 1.54) is 0 Å². The van der Waals surface area contributed by atoms with Gasteiger partial charge in [0.1, 0.15) is 12.4 Å². The third-order valence-corrected chi connectivity index (χ3v) is 3.28. The van der Waals surface area contributed by atoms with Gasteiger partial charge in [-0.15, -0.1) is 0 Å². The van der Waals surface area contributed by atoms with Gasteiger partial charge in [-0.3, -0.25) is 0 Å². The minimum atomic E-state index is -0.120. The van der Waals surface area contributed by atoms with Crippen molar-refractivity contribution in [2.24, 2.45) is 0 Å². The second kappa shape index (κ2) is 5.65. The number of rotatable bonds is 4. The van der Waals surface area contributed by atoms with Crippen molar-refractivity contribution < 1.29 is 9.53 Å². The lowest BCUT2D eigenvalue weighted by molar-refractivity contribution is 0.247. The van der Waals surface area contributed by atoms with Crippen molar-refractivity contribution in [1.29, 1.82) is 0 Å². The lowest BCUT2D eigenvalue weighted by Gasteiger charge is -2.12. The molecule has 20 heavy (non-hydrogen) atoms. The Morgan fingerprint density at radius 2 is 1.95 bits per heavy atom. The molecule has 1 aliphatic rings. The van der Waals surface area contributed by atoms with Gasteiger partial charge in [0.2, 0.25) is 0 Å². The third kappa shape index (κ3) is 2.91. The van der Waals surface area contributed by atoms with Crippen LogP contribution in [0.25, 0.3) is 0 Å². The van der Waals surface area contributed by atoms with Crippen LogP contribution in [0.1, 0.15) is 17.2 Å². The van der Waals surface area contributed by atoms with E-state index in [0.717, 1.165) is 16.9 Å². The van der Waals surface area contributed by atoms with Crippen LogP contribution in [0.4, 0.5) is 4.79 Å². The molecule has 0 saturated carbocycles. The summed E-state index contributed by atoms with van der Waals surface area (Å²) in [6.07, 6.45) is 0. The Balaban J connectivity index is 1.67. The molecule has 3 rings (SSSR count). The highest BCUT2D eigenvalue weighted by Gasteiger charge is 2.21. The number of ether oxygens (including phenoxy) is 1. The van der Waals surface area contributed by atoms with Crippen LogP contribution in [0.3, 0.4) is 0 Å². The molecule has 0 radical (unpaired) electrons. The van der Waals surface area contributed by atoms with Crippen molar-refractivity contribution in [1.82, 2.24) is 10.6 Å². The zero-order chi connectivity index (χ0) is 13.8. The number of carbonyl (C=O) groups is 1. The fourth-order valence-corrected chi connectivity index (χ4v) is 2.22. The van der Waals surface area contributed by atoms with Crippen molar-refractivity contribution >= 4 is 6.03 Å². The first kappa shape index (κ1) is 12.5. The van der Waals surface area contributed by atoms with E-state index in [-0.39, 0.29) is 12.1 Å². The van der Waals surface area contributed by atoms with Crippen LogP contribution < -0.4 is 15.4 Å². The van der Waals surface area contributed by atoms with Gasteiger partial charge in [0.05, 0.1) is 6.04 Å². The summed E-state index contributed by atoms with van der Waals surface area (Å²) in [5.74, 6) is 0.813. The monoisotopic (exact) mass is 268 g/mol. The Labute approximate surface area is 117 Å². The van der Waals surface area contributed by atoms with E-state index in [4.69, 9.17) is 4.74 Å². The molecule has 2 aromatic carbocycles. The molecule has 1 fully saturated rings. The molecule has 4 nitrogen and oxygen atoms in total. The number of hydrogen-bond donors (Lipinski definition) is 2. The largest absolute Gasteiger partial charge is 0.489 e. The maximum Gasteiger partial charge on any atom is 0.315 e. The topological polar surface area (TPSA) is 50.4 Å². The number of carbonyl (C=O) groups excluding carboxylic acids is 1. The summed E-state index contributed by atoms with van der Waals surface area (Å²) in [5.41, 5.74) is 2.18. The lowest BCUT2D eigenvalue weighted by atomic mass is 10.1. The Hall–Kier alpha value is -2.49. The Kier molecular flexibility index (Phi) is 3.54. The van der Waals surface area contributed by atoms with Crippen LogP contribution in [-0.2, 0) is 6.61 Å². The molecule has 2 amide bonds. The molecule has 0 aliphatic carbocycles. The number of urea groups is 1. The van der Waals surface area contributed by atoms with E-state index < -0.39 is 0 Å². The SMILES string of the molecule is O=C1NC[C@H](c2cccc(OCc3ccccc3)c2)N1. The van der Waals surface area contributed by atoms with Gasteiger partial charge in [0.25, 0.3) is 0 Å². The summed E-state index contributed by atoms with van der Waals surface area (Å²) in [6, 6.07) is 17.8. The van der Waals surface area contributed by atoms with Crippen LogP contribution in [0.2, 0.25) is 0 Å². The molecule has 2 N–H and O–H groups in total. The summed E-state index contributed by atoms with van der Waals surface area (Å²) in [5, 5.41) is 5.62. The molecular weight excluding hydrogens is 252 g/mol. The zero-order valence-electron chi connectivity index (χ0n) is 11.0. The quantitative estimate of drug-likeness (QED) is 0.895. The van der Waals surface area contributed by atoms with Crippen LogP contribution in [-0.4, -0.2) is 12.6 Å². The Bertz CT molecular complexity index is 598. The highest BCUT2D eigenvalue weighted by Crippen LogP contribution is 2.21. The fraction of sp³-hybridized carbons (Fsp3) is 0.188. The molecule has 1 saturated heterocycles. The van der Waals surface area contributed by atoms with Crippen molar-refractivity contribution in [2.75, 3.05) is 6.54 Å². The zero-order valence-corrected chi connectivity index (χ0v) is 11.0. The molecule has 0 bridgehead atoms. The van der Waals surface area contributed by atoms with E-state index in [0.29, 0.717) is 13.2 Å². The first-order chi connectivity index (χ1) is 9.81. The van der Waals surface area contributed by atoms with E-state index >= 15 is 0 Å². The average molecular weight is 268 g/mol. The molecular formula is C16H16N2O2. The van der Waals surface area contributed by atoms with Gasteiger partial charge in [0.15, 0.2) is 0 Å². The normalized spacial score (nSPS) is 17.4. The molecule has 4 heteroatoms. The molecule has 1 atom stereocenters. The van der Waals surface area contributed by atoms with E-state index in [1.807, 2.05) is 54.6 Å². The maximum atomic E-state index is 11.2. The molecule has 0 aromatic heterocycles. The minimum absolute atomic E-state index is 0.0165. The highest BCUT2D eigenvalue weighted by molar-refractivity contribution is 5.76. The van der Waals surface area contributed by atoms with E-state index in [2.05, 4.69) is 10.6 Å². The van der Waals surface area contributed by atoms with Gasteiger partial charge in [-0.1, -0.05) is 42.5 Å². The lowest BCUT2D eigenvalue weighted by Crippen LogP contribution is -2.21. The van der Waals surface area contributed by atoms with Crippen molar-refractivity contribution in [2.45, 2.75) is 12.6 Å². The maximum absolute atomic E-state index is 11.2. The molecule has 1 aliphatic heterocycles. The van der Waals surface area contributed by atoms with Crippen molar-refractivity contribution in [3.05, 3.63) is 65.7 Å². The predicted octanol–water partition coefficient (Wildman–Crippen LogP) is 2.62. The number of nitrogens with one attached hydrogen (secondary N) is 2. The molecule has 0 spiro atoms.